The van der Waals surface area contributed by atoms with Crippen molar-refractivity contribution in [3.05, 3.63) is 17.2 Å². The maximum atomic E-state index is 11.2. The third kappa shape index (κ3) is 4.33. The number of esters is 1. The Hall–Kier alpha value is -1.40. The van der Waals surface area contributed by atoms with Gasteiger partial charge in [0.1, 0.15) is 0 Å². The molecule has 0 spiro atoms. The van der Waals surface area contributed by atoms with Crippen molar-refractivity contribution in [2.24, 2.45) is 0 Å². The van der Waals surface area contributed by atoms with Gasteiger partial charge in [0.05, 0.1) is 31.9 Å². The summed E-state index contributed by atoms with van der Waals surface area (Å²) in [5.41, 5.74) is 0.885. The maximum absolute atomic E-state index is 11.2. The van der Waals surface area contributed by atoms with Crippen molar-refractivity contribution >= 4 is 28.5 Å². The van der Waals surface area contributed by atoms with E-state index in [2.05, 4.69) is 9.88 Å². The van der Waals surface area contributed by atoms with E-state index in [1.165, 1.54) is 0 Å². The first-order valence-corrected chi connectivity index (χ1v) is 7.28. The van der Waals surface area contributed by atoms with Crippen LogP contribution in [0.3, 0.4) is 0 Å². The van der Waals surface area contributed by atoms with Crippen LogP contribution in [0.5, 0.6) is 0 Å². The summed E-state index contributed by atoms with van der Waals surface area (Å²) in [4.78, 5) is 17.9. The Bertz CT molecular complexity index is 439. The van der Waals surface area contributed by atoms with Gasteiger partial charge in [-0.15, -0.1) is 11.3 Å². The minimum Gasteiger partial charge on any atom is -0.466 e. The fraction of sp³-hybridized carbons (Fsp3) is 0.538. The van der Waals surface area contributed by atoms with Gasteiger partial charge in [0, 0.05) is 18.5 Å². The van der Waals surface area contributed by atoms with Crippen molar-refractivity contribution in [3.8, 4) is 0 Å². The first-order valence-electron chi connectivity index (χ1n) is 6.40. The second-order valence-corrected chi connectivity index (χ2v) is 4.90. The predicted octanol–water partition coefficient (Wildman–Crippen LogP) is 1.95. The van der Waals surface area contributed by atoms with Crippen LogP contribution in [0.2, 0.25) is 0 Å². The number of aromatic nitrogens is 1. The Morgan fingerprint density at radius 1 is 1.58 bits per heavy atom. The van der Waals surface area contributed by atoms with Crippen LogP contribution in [0.1, 0.15) is 19.0 Å². The molecule has 0 atom stereocenters. The monoisotopic (exact) mass is 282 g/mol. The van der Waals surface area contributed by atoms with Crippen molar-refractivity contribution in [2.75, 3.05) is 37.8 Å². The molecule has 0 amide bonds. The summed E-state index contributed by atoms with van der Waals surface area (Å²) >= 11 is 1.62. The molecule has 1 aliphatic heterocycles. The maximum Gasteiger partial charge on any atom is 0.309 e. The third-order valence-electron chi connectivity index (χ3n) is 2.67. The number of anilines is 1. The molecule has 2 rings (SSSR count). The molecule has 104 valence electrons. The lowest BCUT2D eigenvalue weighted by molar-refractivity contribution is -0.142. The molecule has 0 bridgehead atoms. The van der Waals surface area contributed by atoms with Crippen LogP contribution < -0.4 is 4.90 Å². The number of morpholine rings is 1. The molecule has 1 fully saturated rings. The van der Waals surface area contributed by atoms with Crippen molar-refractivity contribution in [1.29, 1.82) is 0 Å². The molecule has 0 aliphatic carbocycles. The molecule has 1 aliphatic rings. The predicted molar refractivity (Wildman–Crippen MR) is 75.4 cm³/mol. The van der Waals surface area contributed by atoms with Gasteiger partial charge in [-0.05, 0) is 13.0 Å². The van der Waals surface area contributed by atoms with Gasteiger partial charge in [-0.3, -0.25) is 4.79 Å². The highest BCUT2D eigenvalue weighted by molar-refractivity contribution is 7.13. The average Bonchev–Trinajstić information content (AvgIpc) is 2.89. The van der Waals surface area contributed by atoms with Gasteiger partial charge in [-0.25, -0.2) is 4.98 Å². The van der Waals surface area contributed by atoms with E-state index >= 15 is 0 Å². The van der Waals surface area contributed by atoms with E-state index < -0.39 is 0 Å². The molecule has 0 N–H and O–H groups in total. The summed E-state index contributed by atoms with van der Waals surface area (Å²) in [5, 5.41) is 3.01. The van der Waals surface area contributed by atoms with Crippen molar-refractivity contribution < 1.29 is 14.3 Å². The number of ether oxygens (including phenoxy) is 2. The zero-order valence-corrected chi connectivity index (χ0v) is 11.8. The third-order valence-corrected chi connectivity index (χ3v) is 3.59. The van der Waals surface area contributed by atoms with Gasteiger partial charge in [-0.1, -0.05) is 6.08 Å². The van der Waals surface area contributed by atoms with E-state index in [9.17, 15) is 4.79 Å². The van der Waals surface area contributed by atoms with Gasteiger partial charge >= 0.3 is 5.97 Å². The molecule has 1 saturated heterocycles. The summed E-state index contributed by atoms with van der Waals surface area (Å²) in [6, 6.07) is 0. The van der Waals surface area contributed by atoms with E-state index in [4.69, 9.17) is 9.47 Å². The van der Waals surface area contributed by atoms with Gasteiger partial charge in [-0.2, -0.15) is 0 Å². The van der Waals surface area contributed by atoms with Crippen LogP contribution in [-0.2, 0) is 14.3 Å². The Morgan fingerprint density at radius 3 is 3.11 bits per heavy atom. The van der Waals surface area contributed by atoms with Crippen molar-refractivity contribution in [3.63, 3.8) is 0 Å². The van der Waals surface area contributed by atoms with Gasteiger partial charge < -0.3 is 14.4 Å². The number of rotatable bonds is 5. The van der Waals surface area contributed by atoms with Gasteiger partial charge in [0.2, 0.25) is 0 Å². The highest BCUT2D eigenvalue weighted by Gasteiger charge is 2.13. The smallest absolute Gasteiger partial charge is 0.309 e. The first-order chi connectivity index (χ1) is 9.29. The van der Waals surface area contributed by atoms with E-state index in [-0.39, 0.29) is 12.4 Å². The number of hydrogen-bond donors (Lipinski definition) is 0. The molecule has 0 radical (unpaired) electrons. The summed E-state index contributed by atoms with van der Waals surface area (Å²) in [6.45, 7) is 5.52. The number of carbonyl (C=O) groups excluding carboxylic acids is 1. The van der Waals surface area contributed by atoms with Crippen LogP contribution in [0.4, 0.5) is 5.13 Å². The SMILES string of the molecule is CCOC(=O)CC=Cc1csc(N2CCOCC2)n1. The summed E-state index contributed by atoms with van der Waals surface area (Å²) < 4.78 is 10.2. The van der Waals surface area contributed by atoms with E-state index in [0.717, 1.165) is 37.1 Å². The Balaban J connectivity index is 1.86. The minimum atomic E-state index is -0.206. The van der Waals surface area contributed by atoms with Crippen LogP contribution in [0.15, 0.2) is 11.5 Å². The van der Waals surface area contributed by atoms with Crippen molar-refractivity contribution in [1.82, 2.24) is 4.98 Å². The minimum absolute atomic E-state index is 0.206. The van der Waals surface area contributed by atoms with E-state index in [1.807, 2.05) is 11.5 Å². The molecular formula is C13H18N2O3S. The molecule has 1 aromatic rings. The van der Waals surface area contributed by atoms with E-state index in [1.54, 1.807) is 24.3 Å². The molecule has 6 heteroatoms. The fourth-order valence-electron chi connectivity index (χ4n) is 1.75. The molecule has 5 nitrogen and oxygen atoms in total. The second kappa shape index (κ2) is 7.25. The number of hydrogen-bond acceptors (Lipinski definition) is 6. The van der Waals surface area contributed by atoms with Crippen LogP contribution in [0.25, 0.3) is 6.08 Å². The van der Waals surface area contributed by atoms with Gasteiger partial charge in [0.15, 0.2) is 5.13 Å². The highest BCUT2D eigenvalue weighted by atomic mass is 32.1. The topological polar surface area (TPSA) is 51.7 Å². The van der Waals surface area contributed by atoms with Crippen molar-refractivity contribution in [2.45, 2.75) is 13.3 Å². The zero-order valence-electron chi connectivity index (χ0n) is 11.0. The number of nitrogens with zero attached hydrogens (tertiary/aromatic N) is 2. The van der Waals surface area contributed by atoms with Crippen LogP contribution in [-0.4, -0.2) is 43.9 Å². The van der Waals surface area contributed by atoms with Crippen LogP contribution >= 0.6 is 11.3 Å². The average molecular weight is 282 g/mol. The summed E-state index contributed by atoms with van der Waals surface area (Å²) in [7, 11) is 0. The molecular weight excluding hydrogens is 264 g/mol. The lowest BCUT2D eigenvalue weighted by atomic mass is 10.3. The highest BCUT2D eigenvalue weighted by Crippen LogP contribution is 2.22. The first kappa shape index (κ1) is 14.0. The summed E-state index contributed by atoms with van der Waals surface area (Å²) in [5.74, 6) is -0.206. The zero-order chi connectivity index (χ0) is 13.5. The molecule has 19 heavy (non-hydrogen) atoms. The Morgan fingerprint density at radius 2 is 2.37 bits per heavy atom. The molecule has 0 aromatic carbocycles. The Kier molecular flexibility index (Phi) is 5.35. The molecule has 0 saturated carbocycles. The van der Waals surface area contributed by atoms with Gasteiger partial charge in [0.25, 0.3) is 0 Å². The molecule has 0 unspecified atom stereocenters. The number of thiazole rings is 1. The molecule has 1 aromatic heterocycles. The van der Waals surface area contributed by atoms with Crippen LogP contribution in [0, 0.1) is 0 Å². The lowest BCUT2D eigenvalue weighted by Crippen LogP contribution is -2.36. The molecule has 2 heterocycles. The summed E-state index contributed by atoms with van der Waals surface area (Å²) in [6.07, 6.45) is 3.94. The largest absolute Gasteiger partial charge is 0.466 e. The quantitative estimate of drug-likeness (QED) is 0.773. The Labute approximate surface area is 116 Å². The second-order valence-electron chi connectivity index (χ2n) is 4.07. The van der Waals surface area contributed by atoms with E-state index in [0.29, 0.717) is 6.61 Å². The lowest BCUT2D eigenvalue weighted by Gasteiger charge is -2.25. The number of carbonyl (C=O) groups is 1. The fourth-order valence-corrected chi connectivity index (χ4v) is 2.60. The normalized spacial score (nSPS) is 15.9. The standard InChI is InChI=1S/C13H18N2O3S/c1-2-18-12(16)5-3-4-11-10-19-13(14-11)15-6-8-17-9-7-15/h3-4,10H,2,5-9H2,1H3.